The van der Waals surface area contributed by atoms with Crippen molar-refractivity contribution < 1.29 is 4.79 Å². The van der Waals surface area contributed by atoms with E-state index in [2.05, 4.69) is 5.32 Å². The maximum Gasteiger partial charge on any atom is 0.257 e. The number of nitrogens with one attached hydrogen (secondary N) is 1. The average molecular weight is 458 g/mol. The second kappa shape index (κ2) is 7.88. The Hall–Kier alpha value is -3.39. The minimum atomic E-state index is -0.180. The van der Waals surface area contributed by atoms with E-state index in [9.17, 15) is 9.59 Å². The molecule has 1 unspecified atom stereocenters. The summed E-state index contributed by atoms with van der Waals surface area (Å²) in [7, 11) is 0. The summed E-state index contributed by atoms with van der Waals surface area (Å²) in [4.78, 5) is 35.6. The molecule has 0 saturated heterocycles. The van der Waals surface area contributed by atoms with Crippen molar-refractivity contribution in [3.05, 3.63) is 76.0 Å². The van der Waals surface area contributed by atoms with E-state index < -0.39 is 0 Å². The third-order valence-corrected chi connectivity index (χ3v) is 7.55. The number of anilines is 1. The first kappa shape index (κ1) is 20.2. The molecule has 0 fully saturated rings. The molecule has 166 valence electrons. The van der Waals surface area contributed by atoms with Gasteiger partial charge in [0.1, 0.15) is 5.65 Å². The Labute approximate surface area is 194 Å². The van der Waals surface area contributed by atoms with E-state index in [0.717, 1.165) is 58.1 Å². The van der Waals surface area contributed by atoms with Crippen LogP contribution in [0.1, 0.15) is 35.7 Å². The lowest BCUT2D eigenvalue weighted by Gasteiger charge is -2.15. The number of amides is 1. The van der Waals surface area contributed by atoms with E-state index in [4.69, 9.17) is 9.97 Å². The summed E-state index contributed by atoms with van der Waals surface area (Å²) in [6.07, 6.45) is 6.83. The summed E-state index contributed by atoms with van der Waals surface area (Å²) in [6, 6.07) is 11.5. The Bertz CT molecular complexity index is 1470. The molecule has 1 N–H and O–H groups in total. The van der Waals surface area contributed by atoms with Crippen LogP contribution in [0, 0.1) is 6.92 Å². The maximum atomic E-state index is 13.1. The number of carbonyl (C=O) groups is 1. The first-order valence-corrected chi connectivity index (χ1v) is 12.2. The average Bonchev–Trinajstić information content (AvgIpc) is 3.53. The lowest BCUT2D eigenvalue weighted by Crippen LogP contribution is -2.30. The van der Waals surface area contributed by atoms with Crippen LogP contribution in [-0.2, 0) is 17.6 Å². The number of imidazole rings is 1. The topological polar surface area (TPSA) is 81.3 Å². The maximum absolute atomic E-state index is 13.1. The van der Waals surface area contributed by atoms with E-state index in [0.29, 0.717) is 11.4 Å². The van der Waals surface area contributed by atoms with Gasteiger partial charge in [0, 0.05) is 35.7 Å². The van der Waals surface area contributed by atoms with Gasteiger partial charge in [-0.05, 0) is 43.9 Å². The summed E-state index contributed by atoms with van der Waals surface area (Å²) in [5, 5.41) is 3.81. The van der Waals surface area contributed by atoms with Gasteiger partial charge in [-0.3, -0.25) is 14.2 Å². The fourth-order valence-corrected chi connectivity index (χ4v) is 5.97. The third-order valence-electron chi connectivity index (χ3n) is 6.45. The smallest absolute Gasteiger partial charge is 0.257 e. The number of rotatable bonds is 4. The molecule has 1 amide bonds. The van der Waals surface area contributed by atoms with E-state index in [1.807, 2.05) is 60.1 Å². The van der Waals surface area contributed by atoms with Crippen molar-refractivity contribution in [3.63, 3.8) is 0 Å². The molecular weight excluding hydrogens is 434 g/mol. The van der Waals surface area contributed by atoms with Gasteiger partial charge in [0.2, 0.25) is 5.91 Å². The third kappa shape index (κ3) is 3.45. The van der Waals surface area contributed by atoms with Crippen LogP contribution in [0.3, 0.4) is 0 Å². The minimum absolute atomic E-state index is 0.0378. The number of pyridine rings is 1. The van der Waals surface area contributed by atoms with Crippen LogP contribution in [0.4, 0.5) is 5.69 Å². The number of thioether (sulfide) groups is 1. The van der Waals surface area contributed by atoms with Gasteiger partial charge in [-0.25, -0.2) is 9.97 Å². The molecule has 2 aliphatic rings. The molecule has 0 radical (unpaired) electrons. The van der Waals surface area contributed by atoms with Gasteiger partial charge in [-0.2, -0.15) is 0 Å². The minimum Gasteiger partial charge on any atom is -0.325 e. The van der Waals surface area contributed by atoms with Crippen LogP contribution in [0.2, 0.25) is 0 Å². The highest BCUT2D eigenvalue weighted by atomic mass is 32.2. The molecule has 0 bridgehead atoms. The van der Waals surface area contributed by atoms with Gasteiger partial charge in [0.05, 0.1) is 23.1 Å². The van der Waals surface area contributed by atoms with E-state index in [1.54, 1.807) is 16.3 Å². The van der Waals surface area contributed by atoms with Crippen molar-refractivity contribution in [2.45, 2.75) is 43.8 Å². The molecule has 8 heteroatoms. The van der Waals surface area contributed by atoms with Crippen LogP contribution in [0.25, 0.3) is 16.9 Å². The van der Waals surface area contributed by atoms with Crippen molar-refractivity contribution in [1.29, 1.82) is 0 Å². The molecule has 1 atom stereocenters. The Morgan fingerprint density at radius 1 is 1.18 bits per heavy atom. The molecule has 1 aliphatic carbocycles. The highest BCUT2D eigenvalue weighted by molar-refractivity contribution is 7.99. The Kier molecular flexibility index (Phi) is 4.83. The van der Waals surface area contributed by atoms with Gasteiger partial charge in [0.25, 0.3) is 5.56 Å². The summed E-state index contributed by atoms with van der Waals surface area (Å²) in [5.74, 6) is 0.569. The van der Waals surface area contributed by atoms with Gasteiger partial charge < -0.3 is 9.72 Å². The summed E-state index contributed by atoms with van der Waals surface area (Å²) < 4.78 is 3.74. The molecule has 6 rings (SSSR count). The molecule has 1 aromatic carbocycles. The van der Waals surface area contributed by atoms with Crippen molar-refractivity contribution in [1.82, 2.24) is 18.9 Å². The Morgan fingerprint density at radius 3 is 2.94 bits per heavy atom. The predicted octanol–water partition coefficient (Wildman–Crippen LogP) is 4.03. The molecular formula is C25H23N5O2S. The standard InChI is InChI=1S/C25H23N5O2S/c1-15-6-5-11-29-13-21(27-23(15)29)17-7-2-3-9-19(17)26-22(31)12-16-14-33-25-28-20-10-4-8-18(20)24(32)30(16)25/h2-3,5-7,9,11,13,16H,4,8,10,12,14H2,1H3,(H,26,31). The van der Waals surface area contributed by atoms with Gasteiger partial charge in [0.15, 0.2) is 5.16 Å². The van der Waals surface area contributed by atoms with Crippen LogP contribution < -0.4 is 10.9 Å². The number of carbonyl (C=O) groups excluding carboxylic acids is 1. The molecule has 7 nitrogen and oxygen atoms in total. The molecule has 0 saturated carbocycles. The number of aryl methyl sites for hydroxylation is 2. The fraction of sp³-hybridized carbons (Fsp3) is 0.280. The van der Waals surface area contributed by atoms with Gasteiger partial charge >= 0.3 is 0 Å². The first-order valence-electron chi connectivity index (χ1n) is 11.2. The highest BCUT2D eigenvalue weighted by Crippen LogP contribution is 2.35. The highest BCUT2D eigenvalue weighted by Gasteiger charge is 2.31. The zero-order chi connectivity index (χ0) is 22.5. The summed E-state index contributed by atoms with van der Waals surface area (Å²) in [6.45, 7) is 2.03. The molecule has 4 heterocycles. The largest absolute Gasteiger partial charge is 0.325 e. The van der Waals surface area contributed by atoms with Crippen molar-refractivity contribution in [2.24, 2.45) is 0 Å². The second-order valence-electron chi connectivity index (χ2n) is 8.66. The number of hydrogen-bond donors (Lipinski definition) is 1. The van der Waals surface area contributed by atoms with E-state index in [1.165, 1.54) is 0 Å². The normalized spacial score (nSPS) is 16.7. The van der Waals surface area contributed by atoms with Crippen molar-refractivity contribution in [2.75, 3.05) is 11.1 Å². The monoisotopic (exact) mass is 457 g/mol. The number of fused-ring (bicyclic) bond motifs is 3. The lowest BCUT2D eigenvalue weighted by atomic mass is 10.1. The second-order valence-corrected chi connectivity index (χ2v) is 9.65. The number of nitrogens with zero attached hydrogens (tertiary/aromatic N) is 4. The Balaban J connectivity index is 1.26. The SMILES string of the molecule is Cc1cccn2cc(-c3ccccc3NC(=O)CC3CSc4nc5c(c(=O)n43)CCC5)nc12. The predicted molar refractivity (Wildman–Crippen MR) is 129 cm³/mol. The fourth-order valence-electron chi connectivity index (χ4n) is 4.82. The molecule has 1 aliphatic heterocycles. The number of para-hydroxylation sites is 1. The zero-order valence-electron chi connectivity index (χ0n) is 18.2. The molecule has 33 heavy (non-hydrogen) atoms. The number of hydrogen-bond acceptors (Lipinski definition) is 5. The number of benzene rings is 1. The zero-order valence-corrected chi connectivity index (χ0v) is 19.1. The van der Waals surface area contributed by atoms with Gasteiger partial charge in [-0.1, -0.05) is 36.0 Å². The quantitative estimate of drug-likeness (QED) is 0.468. The number of aromatic nitrogens is 4. The van der Waals surface area contributed by atoms with Crippen LogP contribution in [0.5, 0.6) is 0 Å². The van der Waals surface area contributed by atoms with E-state index >= 15 is 0 Å². The molecule has 3 aromatic heterocycles. The molecule has 0 spiro atoms. The van der Waals surface area contributed by atoms with Crippen molar-refractivity contribution >= 4 is 29.0 Å². The lowest BCUT2D eigenvalue weighted by molar-refractivity contribution is -0.116. The van der Waals surface area contributed by atoms with Crippen LogP contribution >= 0.6 is 11.8 Å². The van der Waals surface area contributed by atoms with Crippen molar-refractivity contribution in [3.8, 4) is 11.3 Å². The van der Waals surface area contributed by atoms with E-state index in [-0.39, 0.29) is 23.9 Å². The van der Waals surface area contributed by atoms with Crippen LogP contribution in [0.15, 0.2) is 58.7 Å². The first-order chi connectivity index (χ1) is 16.1. The Morgan fingerprint density at radius 2 is 2.06 bits per heavy atom. The van der Waals surface area contributed by atoms with Gasteiger partial charge in [-0.15, -0.1) is 0 Å². The summed E-state index contributed by atoms with van der Waals surface area (Å²) in [5.41, 5.74) is 6.19. The summed E-state index contributed by atoms with van der Waals surface area (Å²) >= 11 is 1.57. The molecule has 4 aromatic rings. The van der Waals surface area contributed by atoms with Crippen LogP contribution in [-0.4, -0.2) is 30.6 Å².